The van der Waals surface area contributed by atoms with Crippen molar-refractivity contribution in [2.75, 3.05) is 13.1 Å². The van der Waals surface area contributed by atoms with Crippen LogP contribution in [0.15, 0.2) is 0 Å². The van der Waals surface area contributed by atoms with E-state index in [2.05, 4.69) is 0 Å². The van der Waals surface area contributed by atoms with Gasteiger partial charge in [-0.05, 0) is 38.5 Å². The second-order valence-electron chi connectivity index (χ2n) is 6.24. The molecule has 0 radical (unpaired) electrons. The summed E-state index contributed by atoms with van der Waals surface area (Å²) in [7, 11) is 0. The van der Waals surface area contributed by atoms with Crippen LogP contribution in [0.5, 0.6) is 0 Å². The van der Waals surface area contributed by atoms with Crippen LogP contribution in [-0.4, -0.2) is 46.2 Å². The quantitative estimate of drug-likeness (QED) is 0.822. The summed E-state index contributed by atoms with van der Waals surface area (Å²) in [6.45, 7) is 3.10. The zero-order chi connectivity index (χ0) is 14.7. The van der Waals surface area contributed by atoms with E-state index in [1.807, 2.05) is 4.90 Å². The third-order valence-electron chi connectivity index (χ3n) is 4.93. The molecule has 1 heterocycles. The fourth-order valence-corrected chi connectivity index (χ4v) is 3.56. The molecular weight excluding hydrogens is 258 g/mol. The number of hydrogen-bond acceptors (Lipinski definition) is 3. The van der Waals surface area contributed by atoms with Crippen LogP contribution in [0.3, 0.4) is 0 Å². The maximum Gasteiger partial charge on any atom is 0.307 e. The molecule has 1 saturated heterocycles. The van der Waals surface area contributed by atoms with Crippen LogP contribution < -0.4 is 0 Å². The molecule has 0 aromatic carbocycles. The number of carbonyl (C=O) groups is 2. The normalized spacial score (nSPS) is 30.0. The van der Waals surface area contributed by atoms with Crippen molar-refractivity contribution in [3.8, 4) is 0 Å². The standard InChI is InChI=1S/C15H25NO4/c1-10(17)11-6-8-16(9-7-11)14(18)12-4-2-3-5-13(12)15(19)20/h10-13,17H,2-9H2,1H3,(H,19,20)/t10?,12-,13+/m1/s1. The predicted molar refractivity (Wildman–Crippen MR) is 74.1 cm³/mol. The second kappa shape index (κ2) is 6.57. The van der Waals surface area contributed by atoms with Crippen LogP contribution in [0.4, 0.5) is 0 Å². The minimum atomic E-state index is -0.832. The van der Waals surface area contributed by atoms with Crippen LogP contribution in [-0.2, 0) is 9.59 Å². The maximum absolute atomic E-state index is 12.5. The van der Waals surface area contributed by atoms with Gasteiger partial charge in [0.15, 0.2) is 0 Å². The van der Waals surface area contributed by atoms with E-state index in [0.29, 0.717) is 25.9 Å². The number of aliphatic carboxylic acids is 1. The predicted octanol–water partition coefficient (Wildman–Crippen LogP) is 1.50. The van der Waals surface area contributed by atoms with Gasteiger partial charge in [0.05, 0.1) is 17.9 Å². The highest BCUT2D eigenvalue weighted by Gasteiger charge is 2.38. The minimum Gasteiger partial charge on any atom is -0.481 e. The average molecular weight is 283 g/mol. The number of carboxylic acids is 1. The highest BCUT2D eigenvalue weighted by atomic mass is 16.4. The molecule has 0 aromatic heterocycles. The number of aliphatic hydroxyl groups excluding tert-OH is 1. The SMILES string of the molecule is CC(O)C1CCN(C(=O)[C@@H]2CCCC[C@@H]2C(=O)O)CC1. The molecule has 1 unspecified atom stereocenters. The highest BCUT2D eigenvalue weighted by Crippen LogP contribution is 2.33. The summed E-state index contributed by atoms with van der Waals surface area (Å²) >= 11 is 0. The van der Waals surface area contributed by atoms with Crippen molar-refractivity contribution in [1.29, 1.82) is 0 Å². The first kappa shape index (κ1) is 15.3. The first-order valence-electron chi connectivity index (χ1n) is 7.70. The summed E-state index contributed by atoms with van der Waals surface area (Å²) in [5, 5.41) is 18.9. The van der Waals surface area contributed by atoms with Crippen molar-refractivity contribution in [1.82, 2.24) is 4.90 Å². The Kier molecular flexibility index (Phi) is 5.02. The van der Waals surface area contributed by atoms with E-state index < -0.39 is 11.9 Å². The van der Waals surface area contributed by atoms with E-state index in [4.69, 9.17) is 0 Å². The molecule has 3 atom stereocenters. The lowest BCUT2D eigenvalue weighted by molar-refractivity contribution is -0.153. The van der Waals surface area contributed by atoms with Gasteiger partial charge in [-0.1, -0.05) is 12.8 Å². The highest BCUT2D eigenvalue weighted by molar-refractivity contribution is 5.85. The summed E-state index contributed by atoms with van der Waals surface area (Å²) in [5.74, 6) is -1.40. The molecule has 1 amide bonds. The van der Waals surface area contributed by atoms with Gasteiger partial charge in [-0.25, -0.2) is 0 Å². The summed E-state index contributed by atoms with van der Waals surface area (Å²) in [5.41, 5.74) is 0. The van der Waals surface area contributed by atoms with Crippen molar-refractivity contribution in [2.24, 2.45) is 17.8 Å². The van der Waals surface area contributed by atoms with Gasteiger partial charge in [-0.2, -0.15) is 0 Å². The van der Waals surface area contributed by atoms with Crippen molar-refractivity contribution < 1.29 is 19.8 Å². The Morgan fingerprint density at radius 2 is 1.60 bits per heavy atom. The van der Waals surface area contributed by atoms with E-state index in [9.17, 15) is 19.8 Å². The van der Waals surface area contributed by atoms with E-state index in [1.165, 1.54) is 0 Å². The van der Waals surface area contributed by atoms with Gasteiger partial charge < -0.3 is 15.1 Å². The summed E-state index contributed by atoms with van der Waals surface area (Å²) < 4.78 is 0. The molecule has 114 valence electrons. The molecule has 2 N–H and O–H groups in total. The number of rotatable bonds is 3. The number of carbonyl (C=O) groups excluding carboxylic acids is 1. The Balaban J connectivity index is 1.95. The molecule has 1 aliphatic carbocycles. The van der Waals surface area contributed by atoms with Gasteiger partial charge in [0.1, 0.15) is 0 Å². The van der Waals surface area contributed by atoms with Gasteiger partial charge in [0.25, 0.3) is 0 Å². The van der Waals surface area contributed by atoms with E-state index in [0.717, 1.165) is 25.7 Å². The van der Waals surface area contributed by atoms with Crippen molar-refractivity contribution in [3.63, 3.8) is 0 Å². The maximum atomic E-state index is 12.5. The Bertz CT molecular complexity index is 361. The molecule has 5 heteroatoms. The number of nitrogens with zero attached hydrogens (tertiary/aromatic N) is 1. The third-order valence-corrected chi connectivity index (χ3v) is 4.93. The molecule has 2 rings (SSSR count). The van der Waals surface area contributed by atoms with Gasteiger partial charge in [0.2, 0.25) is 5.91 Å². The van der Waals surface area contributed by atoms with Crippen LogP contribution in [0, 0.1) is 17.8 Å². The van der Waals surface area contributed by atoms with Gasteiger partial charge in [0, 0.05) is 13.1 Å². The number of hydrogen-bond donors (Lipinski definition) is 2. The van der Waals surface area contributed by atoms with Crippen LogP contribution in [0.25, 0.3) is 0 Å². The van der Waals surface area contributed by atoms with Crippen LogP contribution in [0.2, 0.25) is 0 Å². The Labute approximate surface area is 120 Å². The largest absolute Gasteiger partial charge is 0.481 e. The second-order valence-corrected chi connectivity index (χ2v) is 6.24. The number of piperidine rings is 1. The molecule has 0 spiro atoms. The number of carboxylic acid groups (broad SMARTS) is 1. The summed E-state index contributed by atoms with van der Waals surface area (Å²) in [4.78, 5) is 25.6. The molecule has 20 heavy (non-hydrogen) atoms. The monoisotopic (exact) mass is 283 g/mol. The van der Waals surface area contributed by atoms with E-state index >= 15 is 0 Å². The van der Waals surface area contributed by atoms with E-state index in [-0.39, 0.29) is 23.8 Å². The number of amides is 1. The van der Waals surface area contributed by atoms with Crippen molar-refractivity contribution in [3.05, 3.63) is 0 Å². The molecular formula is C15H25NO4. The Morgan fingerprint density at radius 3 is 2.10 bits per heavy atom. The Morgan fingerprint density at radius 1 is 1.05 bits per heavy atom. The van der Waals surface area contributed by atoms with Crippen molar-refractivity contribution in [2.45, 2.75) is 51.6 Å². The lowest BCUT2D eigenvalue weighted by Gasteiger charge is -2.37. The molecule has 0 bridgehead atoms. The van der Waals surface area contributed by atoms with Gasteiger partial charge >= 0.3 is 5.97 Å². The molecule has 1 saturated carbocycles. The lowest BCUT2D eigenvalue weighted by Crippen LogP contribution is -2.46. The molecule has 2 aliphatic rings. The summed E-state index contributed by atoms with van der Waals surface area (Å²) in [6.07, 6.45) is 4.48. The van der Waals surface area contributed by atoms with Crippen LogP contribution in [0.1, 0.15) is 45.4 Å². The summed E-state index contributed by atoms with van der Waals surface area (Å²) in [6, 6.07) is 0. The third kappa shape index (κ3) is 3.32. The van der Waals surface area contributed by atoms with Gasteiger partial charge in [-0.3, -0.25) is 9.59 Å². The van der Waals surface area contributed by atoms with Crippen LogP contribution >= 0.6 is 0 Å². The van der Waals surface area contributed by atoms with Gasteiger partial charge in [-0.15, -0.1) is 0 Å². The molecule has 5 nitrogen and oxygen atoms in total. The lowest BCUT2D eigenvalue weighted by atomic mass is 9.78. The smallest absolute Gasteiger partial charge is 0.307 e. The fraction of sp³-hybridized carbons (Fsp3) is 0.867. The van der Waals surface area contributed by atoms with E-state index in [1.54, 1.807) is 6.92 Å². The fourth-order valence-electron chi connectivity index (χ4n) is 3.56. The number of likely N-dealkylation sites (tertiary alicyclic amines) is 1. The topological polar surface area (TPSA) is 77.8 Å². The molecule has 1 aliphatic heterocycles. The molecule has 2 fully saturated rings. The Hall–Kier alpha value is -1.10. The zero-order valence-electron chi connectivity index (χ0n) is 12.1. The first-order chi connectivity index (χ1) is 9.50. The van der Waals surface area contributed by atoms with Crippen molar-refractivity contribution >= 4 is 11.9 Å². The number of aliphatic hydroxyl groups is 1. The molecule has 0 aromatic rings. The first-order valence-corrected chi connectivity index (χ1v) is 7.70. The zero-order valence-corrected chi connectivity index (χ0v) is 12.1. The minimum absolute atomic E-state index is 0.0149. The average Bonchev–Trinajstić information content (AvgIpc) is 2.46.